The maximum Gasteiger partial charge on any atom is 0.263 e. The number of aryl methyl sites for hydroxylation is 1. The topological polar surface area (TPSA) is 63.1 Å². The fourth-order valence-electron chi connectivity index (χ4n) is 1.90. The molecular weight excluding hydrogens is 401 g/mol. The van der Waals surface area contributed by atoms with E-state index in [-0.39, 0.29) is 4.90 Å². The number of nitrogens with one attached hydrogen (secondary N) is 2. The van der Waals surface area contributed by atoms with Gasteiger partial charge in [-0.25, -0.2) is 8.42 Å². The van der Waals surface area contributed by atoms with Crippen LogP contribution in [0, 0.1) is 3.57 Å². The van der Waals surface area contributed by atoms with E-state index in [2.05, 4.69) is 32.6 Å². The average molecular weight is 419 g/mol. The smallest absolute Gasteiger partial charge is 0.263 e. The number of sulfonamides is 1. The molecule has 1 heterocycles. The van der Waals surface area contributed by atoms with E-state index < -0.39 is 10.0 Å². The number of halogens is 1. The number of anilines is 1. The van der Waals surface area contributed by atoms with Gasteiger partial charge in [0.25, 0.3) is 10.0 Å². The first-order valence-electron chi connectivity index (χ1n) is 6.57. The van der Waals surface area contributed by atoms with E-state index in [9.17, 15) is 8.42 Å². The average Bonchev–Trinajstić information content (AvgIpc) is 2.81. The van der Waals surface area contributed by atoms with Gasteiger partial charge in [0.05, 0.1) is 5.69 Å². The van der Waals surface area contributed by atoms with Crippen LogP contribution in [0.2, 0.25) is 0 Å². The molecule has 0 aliphatic carbocycles. The molecule has 7 heteroatoms. The molecule has 0 atom stereocenters. The first-order chi connectivity index (χ1) is 9.94. The van der Waals surface area contributed by atoms with Crippen LogP contribution in [0.5, 0.6) is 0 Å². The summed E-state index contributed by atoms with van der Waals surface area (Å²) < 4.78 is 30.2. The van der Waals surface area contributed by atoms with Gasteiger partial charge in [0, 0.05) is 29.1 Å². The van der Waals surface area contributed by atoms with Crippen LogP contribution in [0.15, 0.2) is 41.4 Å². The summed E-state index contributed by atoms with van der Waals surface area (Å²) in [6.45, 7) is 3.50. The molecule has 1 aromatic heterocycles. The van der Waals surface area contributed by atoms with E-state index >= 15 is 0 Å². The molecule has 0 saturated heterocycles. The molecule has 21 heavy (non-hydrogen) atoms. The van der Waals surface area contributed by atoms with E-state index in [0.717, 1.165) is 15.8 Å². The van der Waals surface area contributed by atoms with Crippen molar-refractivity contribution in [2.24, 2.45) is 7.05 Å². The first kappa shape index (κ1) is 16.3. The molecule has 114 valence electrons. The lowest BCUT2D eigenvalue weighted by molar-refractivity contribution is 0.601. The third-order valence-electron chi connectivity index (χ3n) is 3.07. The van der Waals surface area contributed by atoms with Crippen LogP contribution in [-0.4, -0.2) is 19.5 Å². The van der Waals surface area contributed by atoms with E-state index in [1.165, 1.54) is 0 Å². The summed E-state index contributed by atoms with van der Waals surface area (Å²) in [6, 6.07) is 8.99. The Balaban J connectivity index is 2.26. The number of rotatable bonds is 6. The Morgan fingerprint density at radius 3 is 2.67 bits per heavy atom. The van der Waals surface area contributed by atoms with Crippen LogP contribution in [0.1, 0.15) is 12.6 Å². The van der Waals surface area contributed by atoms with Crippen LogP contribution in [-0.2, 0) is 23.6 Å². The maximum atomic E-state index is 12.4. The standard InChI is InChI=1S/C14H18IN3O2S/c1-3-16-9-11-8-12(10-18(11)2)21(19,20)17-14-7-5-4-6-13(14)15/h4-8,10,16-17H,3,9H2,1-2H3. The largest absolute Gasteiger partial charge is 0.352 e. The van der Waals surface area contributed by atoms with Crippen molar-refractivity contribution in [1.29, 1.82) is 0 Å². The van der Waals surface area contributed by atoms with Crippen LogP contribution in [0.3, 0.4) is 0 Å². The van der Waals surface area contributed by atoms with Crippen molar-refractivity contribution in [1.82, 2.24) is 9.88 Å². The van der Waals surface area contributed by atoms with Gasteiger partial charge in [0.1, 0.15) is 4.90 Å². The lowest BCUT2D eigenvalue weighted by atomic mass is 10.3. The third kappa shape index (κ3) is 3.98. The Labute approximate surface area is 138 Å². The second-order valence-corrected chi connectivity index (χ2v) is 7.49. The summed E-state index contributed by atoms with van der Waals surface area (Å²) >= 11 is 2.11. The Morgan fingerprint density at radius 2 is 2.00 bits per heavy atom. The van der Waals surface area contributed by atoms with Gasteiger partial charge in [-0.1, -0.05) is 19.1 Å². The quantitative estimate of drug-likeness (QED) is 0.708. The number of benzene rings is 1. The highest BCUT2D eigenvalue weighted by atomic mass is 127. The Kier molecular flexibility index (Phi) is 5.28. The Bertz CT molecular complexity index is 726. The van der Waals surface area contributed by atoms with Crippen molar-refractivity contribution in [2.75, 3.05) is 11.3 Å². The van der Waals surface area contributed by atoms with E-state index in [1.807, 2.05) is 36.7 Å². The molecule has 0 unspecified atom stereocenters. The van der Waals surface area contributed by atoms with Crippen molar-refractivity contribution < 1.29 is 8.42 Å². The molecule has 0 spiro atoms. The second-order valence-electron chi connectivity index (χ2n) is 4.64. The van der Waals surface area contributed by atoms with Crippen LogP contribution in [0.4, 0.5) is 5.69 Å². The summed E-state index contributed by atoms with van der Waals surface area (Å²) in [7, 11) is -1.72. The summed E-state index contributed by atoms with van der Waals surface area (Å²) in [4.78, 5) is 0.276. The SMILES string of the molecule is CCNCc1cc(S(=O)(=O)Nc2ccccc2I)cn1C. The minimum absolute atomic E-state index is 0.276. The number of hydrogen-bond acceptors (Lipinski definition) is 3. The third-order valence-corrected chi connectivity index (χ3v) is 5.34. The first-order valence-corrected chi connectivity index (χ1v) is 9.13. The molecule has 2 N–H and O–H groups in total. The zero-order chi connectivity index (χ0) is 15.5. The normalized spacial score (nSPS) is 11.6. The summed E-state index contributed by atoms with van der Waals surface area (Å²) in [5.74, 6) is 0. The van der Waals surface area contributed by atoms with Crippen molar-refractivity contribution in [3.05, 3.63) is 45.8 Å². The molecule has 0 radical (unpaired) electrons. The molecule has 2 aromatic rings. The van der Waals surface area contributed by atoms with Gasteiger partial charge in [0.2, 0.25) is 0 Å². The van der Waals surface area contributed by atoms with Crippen molar-refractivity contribution in [2.45, 2.75) is 18.4 Å². The van der Waals surface area contributed by atoms with Crippen molar-refractivity contribution in [3.63, 3.8) is 0 Å². The summed E-state index contributed by atoms with van der Waals surface area (Å²) in [6.07, 6.45) is 1.63. The highest BCUT2D eigenvalue weighted by Gasteiger charge is 2.18. The fourth-order valence-corrected chi connectivity index (χ4v) is 3.78. The van der Waals surface area contributed by atoms with Crippen LogP contribution < -0.4 is 10.0 Å². The molecule has 5 nitrogen and oxygen atoms in total. The van der Waals surface area contributed by atoms with Gasteiger partial charge in [-0.15, -0.1) is 0 Å². The van der Waals surface area contributed by atoms with Gasteiger partial charge in [-0.05, 0) is 47.3 Å². The van der Waals surface area contributed by atoms with Crippen LogP contribution in [0.25, 0.3) is 0 Å². The summed E-state index contributed by atoms with van der Waals surface area (Å²) in [5.41, 5.74) is 1.52. The van der Waals surface area contributed by atoms with Gasteiger partial charge in [-0.3, -0.25) is 4.72 Å². The van der Waals surface area contributed by atoms with Gasteiger partial charge >= 0.3 is 0 Å². The van der Waals surface area contributed by atoms with E-state index in [4.69, 9.17) is 0 Å². The highest BCUT2D eigenvalue weighted by Crippen LogP contribution is 2.22. The molecular formula is C14H18IN3O2S. The number of aromatic nitrogens is 1. The molecule has 2 rings (SSSR count). The Morgan fingerprint density at radius 1 is 1.29 bits per heavy atom. The van der Waals surface area contributed by atoms with Gasteiger partial charge < -0.3 is 9.88 Å². The molecule has 0 aliphatic heterocycles. The number of hydrogen-bond donors (Lipinski definition) is 2. The Hall–Kier alpha value is -1.06. The van der Waals surface area contributed by atoms with Crippen LogP contribution >= 0.6 is 22.6 Å². The molecule has 0 amide bonds. The van der Waals surface area contributed by atoms with E-state index in [0.29, 0.717) is 12.2 Å². The molecule has 0 saturated carbocycles. The molecule has 0 aliphatic rings. The van der Waals surface area contributed by atoms with Gasteiger partial charge in [-0.2, -0.15) is 0 Å². The lowest BCUT2D eigenvalue weighted by Gasteiger charge is -2.07. The van der Waals surface area contributed by atoms with Gasteiger partial charge in [0.15, 0.2) is 0 Å². The maximum absolute atomic E-state index is 12.4. The fraction of sp³-hybridized carbons (Fsp3) is 0.286. The van der Waals surface area contributed by atoms with Crippen molar-refractivity contribution in [3.8, 4) is 0 Å². The van der Waals surface area contributed by atoms with E-state index in [1.54, 1.807) is 18.3 Å². The minimum atomic E-state index is -3.57. The predicted octanol–water partition coefficient (Wildman–Crippen LogP) is 2.54. The summed E-state index contributed by atoms with van der Waals surface area (Å²) in [5, 5.41) is 3.19. The lowest BCUT2D eigenvalue weighted by Crippen LogP contribution is -2.14. The van der Waals surface area contributed by atoms with Crippen molar-refractivity contribution >= 4 is 38.3 Å². The number of nitrogens with zero attached hydrogens (tertiary/aromatic N) is 1. The zero-order valence-corrected chi connectivity index (χ0v) is 14.9. The molecule has 1 aromatic carbocycles. The monoisotopic (exact) mass is 419 g/mol. The number of para-hydroxylation sites is 1. The minimum Gasteiger partial charge on any atom is -0.352 e. The second kappa shape index (κ2) is 6.80. The highest BCUT2D eigenvalue weighted by molar-refractivity contribution is 14.1. The zero-order valence-electron chi connectivity index (χ0n) is 11.9. The molecule has 0 fully saturated rings. The molecule has 0 bridgehead atoms. The predicted molar refractivity (Wildman–Crippen MR) is 92.8 cm³/mol.